The van der Waals surface area contributed by atoms with Gasteiger partial charge in [-0.05, 0) is 59.9 Å². The third-order valence-corrected chi connectivity index (χ3v) is 5.25. The highest BCUT2D eigenvalue weighted by molar-refractivity contribution is 5.94. The number of benzene rings is 3. The number of rotatable bonds is 12. The van der Waals surface area contributed by atoms with Gasteiger partial charge >= 0.3 is 0 Å². The second-order valence-corrected chi connectivity index (χ2v) is 8.31. The lowest BCUT2D eigenvalue weighted by molar-refractivity contribution is 0.0951. The fourth-order valence-corrected chi connectivity index (χ4v) is 3.26. The van der Waals surface area contributed by atoms with Crippen LogP contribution in [0.2, 0.25) is 0 Å². The summed E-state index contributed by atoms with van der Waals surface area (Å²) in [5, 5.41) is 2.95. The second kappa shape index (κ2) is 12.5. The van der Waals surface area contributed by atoms with Gasteiger partial charge in [-0.3, -0.25) is 4.79 Å². The molecule has 0 aliphatic rings. The van der Waals surface area contributed by atoms with Gasteiger partial charge in [-0.25, -0.2) is 0 Å². The molecule has 5 nitrogen and oxygen atoms in total. The lowest BCUT2D eigenvalue weighted by Gasteiger charge is -2.13. The maximum absolute atomic E-state index is 12.5. The molecule has 0 saturated carbocycles. The Hall–Kier alpha value is -3.47. The van der Waals surface area contributed by atoms with E-state index in [4.69, 9.17) is 14.2 Å². The Kier molecular flexibility index (Phi) is 9.19. The fraction of sp³-hybridized carbons (Fsp3) is 0.321. The van der Waals surface area contributed by atoms with Crippen LogP contribution in [0.4, 0.5) is 0 Å². The molecule has 0 atom stereocenters. The van der Waals surface area contributed by atoms with E-state index in [1.165, 1.54) is 5.56 Å². The number of hydrogen-bond acceptors (Lipinski definition) is 4. The van der Waals surface area contributed by atoms with Crippen molar-refractivity contribution in [2.75, 3.05) is 20.3 Å². The van der Waals surface area contributed by atoms with Gasteiger partial charge in [0.25, 0.3) is 5.91 Å². The first kappa shape index (κ1) is 24.2. The van der Waals surface area contributed by atoms with Crippen molar-refractivity contribution in [1.82, 2.24) is 5.32 Å². The van der Waals surface area contributed by atoms with Gasteiger partial charge in [0, 0.05) is 18.5 Å². The molecule has 0 spiro atoms. The predicted molar refractivity (Wildman–Crippen MR) is 131 cm³/mol. The molecule has 174 valence electrons. The number of carbonyl (C=O) groups excluding carboxylic acids is 1. The molecule has 33 heavy (non-hydrogen) atoms. The summed E-state index contributed by atoms with van der Waals surface area (Å²) in [5.41, 5.74) is 2.77. The number of nitrogens with one attached hydrogen (secondary N) is 1. The van der Waals surface area contributed by atoms with Crippen LogP contribution in [0.3, 0.4) is 0 Å². The summed E-state index contributed by atoms with van der Waals surface area (Å²) in [6.45, 7) is 5.97. The van der Waals surface area contributed by atoms with Crippen LogP contribution in [0.1, 0.15) is 41.8 Å². The Morgan fingerprint density at radius 2 is 1.61 bits per heavy atom. The Morgan fingerprint density at radius 3 is 2.30 bits per heavy atom. The minimum absolute atomic E-state index is 0.137. The van der Waals surface area contributed by atoms with Crippen LogP contribution in [0.25, 0.3) is 0 Å². The zero-order chi connectivity index (χ0) is 23.5. The monoisotopic (exact) mass is 447 g/mol. The molecule has 3 aromatic rings. The summed E-state index contributed by atoms with van der Waals surface area (Å²) in [4.78, 5) is 12.5. The van der Waals surface area contributed by atoms with E-state index >= 15 is 0 Å². The van der Waals surface area contributed by atoms with Gasteiger partial charge in [-0.2, -0.15) is 0 Å². The van der Waals surface area contributed by atoms with Gasteiger partial charge in [0.15, 0.2) is 11.5 Å². The molecule has 0 aliphatic carbocycles. The highest BCUT2D eigenvalue weighted by atomic mass is 16.5. The molecule has 0 aliphatic heterocycles. The first-order valence-corrected chi connectivity index (χ1v) is 11.4. The minimum Gasteiger partial charge on any atom is -0.493 e. The smallest absolute Gasteiger partial charge is 0.251 e. The van der Waals surface area contributed by atoms with Crippen LogP contribution in [0, 0.1) is 5.92 Å². The fourth-order valence-electron chi connectivity index (χ4n) is 3.26. The number of carbonyl (C=O) groups is 1. The predicted octanol–water partition coefficient (Wildman–Crippen LogP) is 5.67. The molecule has 0 aromatic heterocycles. The van der Waals surface area contributed by atoms with E-state index in [-0.39, 0.29) is 5.91 Å². The lowest BCUT2D eigenvalue weighted by Crippen LogP contribution is -2.22. The first-order chi connectivity index (χ1) is 16.0. The van der Waals surface area contributed by atoms with E-state index in [2.05, 4.69) is 31.3 Å². The molecule has 1 N–H and O–H groups in total. The average molecular weight is 448 g/mol. The number of amides is 1. The topological polar surface area (TPSA) is 56.8 Å². The van der Waals surface area contributed by atoms with Crippen molar-refractivity contribution in [2.24, 2.45) is 5.92 Å². The molecule has 0 saturated heterocycles. The minimum atomic E-state index is -0.137. The third kappa shape index (κ3) is 7.86. The van der Waals surface area contributed by atoms with Crippen molar-refractivity contribution in [3.63, 3.8) is 0 Å². The highest BCUT2D eigenvalue weighted by Gasteiger charge is 2.09. The summed E-state index contributed by atoms with van der Waals surface area (Å²) in [5.74, 6) is 2.58. The molecule has 0 radical (unpaired) electrons. The average Bonchev–Trinajstić information content (AvgIpc) is 2.84. The van der Waals surface area contributed by atoms with Gasteiger partial charge in [0.2, 0.25) is 0 Å². The maximum Gasteiger partial charge on any atom is 0.251 e. The highest BCUT2D eigenvalue weighted by Crippen LogP contribution is 2.28. The van der Waals surface area contributed by atoms with Gasteiger partial charge in [-0.1, -0.05) is 50.2 Å². The van der Waals surface area contributed by atoms with Gasteiger partial charge in [0.1, 0.15) is 5.75 Å². The molecule has 0 fully saturated rings. The normalized spacial score (nSPS) is 10.7. The van der Waals surface area contributed by atoms with E-state index in [9.17, 15) is 4.79 Å². The van der Waals surface area contributed by atoms with Crippen molar-refractivity contribution in [2.45, 2.75) is 33.2 Å². The summed E-state index contributed by atoms with van der Waals surface area (Å²) >= 11 is 0. The SMILES string of the molecule is COc1cc(CNC(=O)c2ccc(OCCc3ccccc3)cc2)ccc1OCCC(C)C. The number of methoxy groups -OCH3 is 1. The molecule has 1 amide bonds. The van der Waals surface area contributed by atoms with Crippen LogP contribution in [-0.4, -0.2) is 26.2 Å². The molecule has 0 unspecified atom stereocenters. The zero-order valence-corrected chi connectivity index (χ0v) is 19.7. The van der Waals surface area contributed by atoms with Crippen LogP contribution < -0.4 is 19.5 Å². The van der Waals surface area contributed by atoms with E-state index < -0.39 is 0 Å². The standard InChI is InChI=1S/C28H33NO4/c1-21(2)15-17-33-26-14-9-23(19-27(26)31-3)20-29-28(30)24-10-12-25(13-11-24)32-18-16-22-7-5-4-6-8-22/h4-14,19,21H,15-18,20H2,1-3H3,(H,29,30). The van der Waals surface area contributed by atoms with Gasteiger partial charge in [0.05, 0.1) is 20.3 Å². The van der Waals surface area contributed by atoms with Crippen molar-refractivity contribution < 1.29 is 19.0 Å². The lowest BCUT2D eigenvalue weighted by atomic mass is 10.1. The van der Waals surface area contributed by atoms with E-state index in [1.807, 2.05) is 48.5 Å². The summed E-state index contributed by atoms with van der Waals surface area (Å²) in [6.07, 6.45) is 1.83. The molecule has 5 heteroatoms. The Morgan fingerprint density at radius 1 is 0.848 bits per heavy atom. The first-order valence-electron chi connectivity index (χ1n) is 11.4. The van der Waals surface area contributed by atoms with E-state index in [0.717, 1.165) is 29.9 Å². The Labute approximate surface area is 196 Å². The van der Waals surface area contributed by atoms with Crippen LogP contribution >= 0.6 is 0 Å². The van der Waals surface area contributed by atoms with Gasteiger partial charge < -0.3 is 19.5 Å². The quantitative estimate of drug-likeness (QED) is 0.389. The van der Waals surface area contributed by atoms with Crippen molar-refractivity contribution in [3.8, 4) is 17.2 Å². The van der Waals surface area contributed by atoms with Crippen LogP contribution in [0.15, 0.2) is 72.8 Å². The number of hydrogen-bond donors (Lipinski definition) is 1. The Bertz CT molecular complexity index is 1000. The largest absolute Gasteiger partial charge is 0.493 e. The Balaban J connectivity index is 1.47. The van der Waals surface area contributed by atoms with Gasteiger partial charge in [-0.15, -0.1) is 0 Å². The van der Waals surface area contributed by atoms with Crippen molar-refractivity contribution >= 4 is 5.91 Å². The van der Waals surface area contributed by atoms with Crippen LogP contribution in [-0.2, 0) is 13.0 Å². The zero-order valence-electron chi connectivity index (χ0n) is 19.7. The summed E-state index contributed by atoms with van der Waals surface area (Å²) in [7, 11) is 1.62. The molecular formula is C28H33NO4. The molecular weight excluding hydrogens is 414 g/mol. The maximum atomic E-state index is 12.5. The van der Waals surface area contributed by atoms with Crippen molar-refractivity contribution in [3.05, 3.63) is 89.5 Å². The van der Waals surface area contributed by atoms with Crippen LogP contribution in [0.5, 0.6) is 17.2 Å². The third-order valence-electron chi connectivity index (χ3n) is 5.25. The van der Waals surface area contributed by atoms with Crippen molar-refractivity contribution in [1.29, 1.82) is 0 Å². The summed E-state index contributed by atoms with van der Waals surface area (Å²) in [6, 6.07) is 23.2. The van der Waals surface area contributed by atoms with E-state index in [0.29, 0.717) is 37.0 Å². The van der Waals surface area contributed by atoms with E-state index in [1.54, 1.807) is 19.2 Å². The second-order valence-electron chi connectivity index (χ2n) is 8.31. The number of ether oxygens (including phenoxy) is 3. The molecule has 0 heterocycles. The summed E-state index contributed by atoms with van der Waals surface area (Å²) < 4.78 is 17.1. The molecule has 0 bridgehead atoms. The molecule has 3 rings (SSSR count). The molecule has 3 aromatic carbocycles.